The lowest BCUT2D eigenvalue weighted by atomic mass is 10.1. The van der Waals surface area contributed by atoms with Crippen LogP contribution in [0.15, 0.2) is 24.3 Å². The molecule has 2 rings (SSSR count). The molecule has 5 heteroatoms. The molecule has 0 atom stereocenters. The normalized spacial score (nSPS) is 11.4. The predicted molar refractivity (Wildman–Crippen MR) is 86.1 cm³/mol. The number of aliphatic hydroxyl groups is 1. The molecule has 0 fully saturated rings. The van der Waals surface area contributed by atoms with Gasteiger partial charge in [-0.15, -0.1) is 11.3 Å². The second kappa shape index (κ2) is 7.54. The van der Waals surface area contributed by atoms with Gasteiger partial charge in [-0.05, 0) is 30.0 Å². The van der Waals surface area contributed by atoms with Crippen molar-refractivity contribution in [3.63, 3.8) is 0 Å². The van der Waals surface area contributed by atoms with Gasteiger partial charge in [0, 0.05) is 17.8 Å². The summed E-state index contributed by atoms with van der Waals surface area (Å²) in [4.78, 5) is 14.0. The molecule has 1 heterocycles. The average molecular weight is 307 g/mol. The van der Waals surface area contributed by atoms with Gasteiger partial charge in [0.2, 0.25) is 0 Å². The van der Waals surface area contributed by atoms with Gasteiger partial charge in [-0.2, -0.15) is 0 Å². The number of aliphatic hydroxyl groups excluding tert-OH is 1. The fourth-order valence-corrected chi connectivity index (χ4v) is 3.50. The Bertz CT molecular complexity index is 609. The fraction of sp³-hybridized carbons (Fsp3) is 0.438. The molecule has 114 valence electrons. The number of hydrogen-bond acceptors (Lipinski definition) is 4. The van der Waals surface area contributed by atoms with E-state index in [0.29, 0.717) is 18.0 Å². The summed E-state index contributed by atoms with van der Waals surface area (Å²) in [5, 5.41) is 19.6. The number of aromatic carboxylic acids is 1. The first-order valence-corrected chi connectivity index (χ1v) is 8.06. The lowest BCUT2D eigenvalue weighted by Gasteiger charge is -2.21. The smallest absolute Gasteiger partial charge is 0.346 e. The van der Waals surface area contributed by atoms with E-state index in [1.165, 1.54) is 11.3 Å². The Morgan fingerprint density at radius 3 is 2.71 bits per heavy atom. The van der Waals surface area contributed by atoms with Gasteiger partial charge in [0.15, 0.2) is 0 Å². The van der Waals surface area contributed by atoms with Crippen LogP contribution < -0.4 is 0 Å². The van der Waals surface area contributed by atoms with E-state index in [-0.39, 0.29) is 6.61 Å². The molecule has 0 aliphatic heterocycles. The van der Waals surface area contributed by atoms with Gasteiger partial charge in [0.25, 0.3) is 0 Å². The molecule has 0 aliphatic rings. The number of benzene rings is 1. The van der Waals surface area contributed by atoms with Gasteiger partial charge >= 0.3 is 5.97 Å². The number of carboxylic acids is 1. The Kier molecular flexibility index (Phi) is 5.73. The number of fused-ring (bicyclic) bond motifs is 1. The van der Waals surface area contributed by atoms with E-state index in [1.54, 1.807) is 0 Å². The first-order valence-electron chi connectivity index (χ1n) is 7.24. The maximum atomic E-state index is 11.5. The Hall–Kier alpha value is -1.43. The number of carbonyl (C=O) groups is 1. The Morgan fingerprint density at radius 2 is 2.05 bits per heavy atom. The molecule has 0 aliphatic carbocycles. The highest BCUT2D eigenvalue weighted by Crippen LogP contribution is 2.32. The summed E-state index contributed by atoms with van der Waals surface area (Å²) in [5.74, 6) is -0.870. The van der Waals surface area contributed by atoms with Crippen LogP contribution in [0.5, 0.6) is 0 Å². The molecule has 0 amide bonds. The van der Waals surface area contributed by atoms with E-state index in [9.17, 15) is 15.0 Å². The highest BCUT2D eigenvalue weighted by atomic mass is 32.1. The third-order valence-corrected chi connectivity index (χ3v) is 4.72. The summed E-state index contributed by atoms with van der Waals surface area (Å²) in [6.07, 6.45) is 2.13. The van der Waals surface area contributed by atoms with Crippen molar-refractivity contribution in [3.05, 3.63) is 34.7 Å². The van der Waals surface area contributed by atoms with Crippen LogP contribution >= 0.6 is 11.3 Å². The van der Waals surface area contributed by atoms with Crippen LogP contribution in [0.4, 0.5) is 0 Å². The van der Waals surface area contributed by atoms with Gasteiger partial charge in [-0.3, -0.25) is 4.90 Å². The second-order valence-corrected chi connectivity index (χ2v) is 6.12. The summed E-state index contributed by atoms with van der Waals surface area (Å²) in [5.41, 5.74) is 0.868. The van der Waals surface area contributed by atoms with Crippen LogP contribution in [-0.2, 0) is 6.54 Å². The van der Waals surface area contributed by atoms with Crippen molar-refractivity contribution in [1.82, 2.24) is 4.90 Å². The van der Waals surface area contributed by atoms with Gasteiger partial charge in [0.05, 0.1) is 6.61 Å². The Balaban J connectivity index is 2.33. The van der Waals surface area contributed by atoms with Crippen molar-refractivity contribution in [2.24, 2.45) is 0 Å². The van der Waals surface area contributed by atoms with E-state index in [0.717, 1.165) is 35.0 Å². The second-order valence-electron chi connectivity index (χ2n) is 5.06. The van der Waals surface area contributed by atoms with Crippen molar-refractivity contribution in [3.8, 4) is 0 Å². The number of unbranched alkanes of at least 4 members (excludes halogenated alkanes) is 1. The van der Waals surface area contributed by atoms with Gasteiger partial charge in [-0.1, -0.05) is 31.5 Å². The van der Waals surface area contributed by atoms with E-state index in [1.807, 2.05) is 24.3 Å². The standard InChI is InChI=1S/C16H21NO3S/c1-2-3-8-17(9-10-18)11-13-12-6-4-5-7-14(12)21-15(13)16(19)20/h4-7,18H,2-3,8-11H2,1H3,(H,19,20). The predicted octanol–water partition coefficient (Wildman–Crippen LogP) is 3.19. The summed E-state index contributed by atoms with van der Waals surface area (Å²) >= 11 is 1.33. The van der Waals surface area contributed by atoms with Gasteiger partial charge < -0.3 is 10.2 Å². The van der Waals surface area contributed by atoms with Crippen molar-refractivity contribution in [2.75, 3.05) is 19.7 Å². The molecule has 0 saturated heterocycles. The summed E-state index contributed by atoms with van der Waals surface area (Å²) in [6.45, 7) is 4.24. The van der Waals surface area contributed by atoms with E-state index in [4.69, 9.17) is 0 Å². The number of rotatable bonds is 8. The van der Waals surface area contributed by atoms with Crippen LogP contribution in [0.1, 0.15) is 35.0 Å². The largest absolute Gasteiger partial charge is 0.477 e. The molecule has 2 aromatic rings. The highest BCUT2D eigenvalue weighted by Gasteiger charge is 2.19. The summed E-state index contributed by atoms with van der Waals surface area (Å²) < 4.78 is 1.00. The first-order chi connectivity index (χ1) is 10.2. The van der Waals surface area contributed by atoms with Crippen molar-refractivity contribution < 1.29 is 15.0 Å². The number of nitrogens with zero attached hydrogens (tertiary/aromatic N) is 1. The molecular weight excluding hydrogens is 286 g/mol. The zero-order chi connectivity index (χ0) is 15.2. The average Bonchev–Trinajstić information content (AvgIpc) is 2.84. The van der Waals surface area contributed by atoms with Crippen LogP contribution in [0.2, 0.25) is 0 Å². The molecule has 4 nitrogen and oxygen atoms in total. The topological polar surface area (TPSA) is 60.8 Å². The Labute approximate surface area is 128 Å². The number of thiophene rings is 1. The van der Waals surface area contributed by atoms with E-state index >= 15 is 0 Å². The monoisotopic (exact) mass is 307 g/mol. The van der Waals surface area contributed by atoms with Crippen LogP contribution in [0.3, 0.4) is 0 Å². The molecule has 0 radical (unpaired) electrons. The number of carboxylic acid groups (broad SMARTS) is 1. The lowest BCUT2D eigenvalue weighted by Crippen LogP contribution is -2.28. The van der Waals surface area contributed by atoms with Gasteiger partial charge in [0.1, 0.15) is 4.88 Å². The molecular formula is C16H21NO3S. The third-order valence-electron chi connectivity index (χ3n) is 3.52. The fourth-order valence-electron chi connectivity index (χ4n) is 2.45. The maximum Gasteiger partial charge on any atom is 0.346 e. The van der Waals surface area contributed by atoms with Crippen molar-refractivity contribution in [2.45, 2.75) is 26.3 Å². The first kappa shape index (κ1) is 15.9. The minimum atomic E-state index is -0.870. The molecule has 21 heavy (non-hydrogen) atoms. The SMILES string of the molecule is CCCCN(CCO)Cc1c(C(=O)O)sc2ccccc12. The number of hydrogen-bond donors (Lipinski definition) is 2. The van der Waals surface area contributed by atoms with Gasteiger partial charge in [-0.25, -0.2) is 4.79 Å². The molecule has 0 unspecified atom stereocenters. The van der Waals surface area contributed by atoms with E-state index < -0.39 is 5.97 Å². The molecule has 0 bridgehead atoms. The van der Waals surface area contributed by atoms with Crippen LogP contribution in [-0.4, -0.2) is 40.8 Å². The molecule has 1 aromatic carbocycles. The van der Waals surface area contributed by atoms with Crippen molar-refractivity contribution in [1.29, 1.82) is 0 Å². The minimum Gasteiger partial charge on any atom is -0.477 e. The Morgan fingerprint density at radius 1 is 1.29 bits per heavy atom. The molecule has 0 saturated carbocycles. The minimum absolute atomic E-state index is 0.0915. The van der Waals surface area contributed by atoms with Crippen LogP contribution in [0, 0.1) is 0 Å². The summed E-state index contributed by atoms with van der Waals surface area (Å²) in [7, 11) is 0. The quantitative estimate of drug-likeness (QED) is 0.786. The summed E-state index contributed by atoms with van der Waals surface area (Å²) in [6, 6.07) is 7.80. The zero-order valence-electron chi connectivity index (χ0n) is 12.2. The maximum absolute atomic E-state index is 11.5. The highest BCUT2D eigenvalue weighted by molar-refractivity contribution is 7.21. The molecule has 0 spiro atoms. The van der Waals surface area contributed by atoms with E-state index in [2.05, 4.69) is 11.8 Å². The third kappa shape index (κ3) is 3.81. The molecule has 2 N–H and O–H groups in total. The zero-order valence-corrected chi connectivity index (χ0v) is 13.0. The molecule has 1 aromatic heterocycles. The van der Waals surface area contributed by atoms with Crippen LogP contribution in [0.25, 0.3) is 10.1 Å². The van der Waals surface area contributed by atoms with Crippen molar-refractivity contribution >= 4 is 27.4 Å². The lowest BCUT2D eigenvalue weighted by molar-refractivity contribution is 0.0700.